The van der Waals surface area contributed by atoms with Gasteiger partial charge in [0.05, 0.1) is 18.3 Å². The van der Waals surface area contributed by atoms with Gasteiger partial charge in [0.15, 0.2) is 0 Å². The number of aromatic nitrogens is 3. The van der Waals surface area contributed by atoms with E-state index < -0.39 is 0 Å². The molecule has 3 aromatic rings. The van der Waals surface area contributed by atoms with Crippen molar-refractivity contribution in [1.29, 1.82) is 0 Å². The lowest BCUT2D eigenvalue weighted by Crippen LogP contribution is -2.12. The summed E-state index contributed by atoms with van der Waals surface area (Å²) in [6.07, 6.45) is 2.56. The zero-order valence-electron chi connectivity index (χ0n) is 11.6. The topological polar surface area (TPSA) is 102 Å². The number of anilines is 2. The molecule has 0 bridgehead atoms. The number of aryl methyl sites for hydroxylation is 1. The van der Waals surface area contributed by atoms with E-state index in [4.69, 9.17) is 10.3 Å². The van der Waals surface area contributed by atoms with Crippen LogP contribution in [0.4, 0.5) is 11.8 Å². The van der Waals surface area contributed by atoms with Crippen LogP contribution in [-0.4, -0.2) is 15.0 Å². The fourth-order valence-corrected chi connectivity index (χ4v) is 2.03. The zero-order chi connectivity index (χ0) is 14.7. The molecule has 0 unspecified atom stereocenters. The first-order valence-electron chi connectivity index (χ1n) is 6.71. The normalized spacial score (nSPS) is 10.8. The van der Waals surface area contributed by atoms with E-state index in [1.54, 1.807) is 6.20 Å². The van der Waals surface area contributed by atoms with Crippen LogP contribution in [0.15, 0.2) is 34.9 Å². The van der Waals surface area contributed by atoms with Crippen molar-refractivity contribution in [3.8, 4) is 0 Å². The number of hydrazine groups is 1. The molecule has 1 aromatic carbocycles. The third kappa shape index (κ3) is 2.77. The molecule has 0 amide bonds. The van der Waals surface area contributed by atoms with Crippen molar-refractivity contribution in [2.24, 2.45) is 5.84 Å². The monoisotopic (exact) mass is 284 g/mol. The van der Waals surface area contributed by atoms with Crippen molar-refractivity contribution >= 4 is 22.7 Å². The van der Waals surface area contributed by atoms with Gasteiger partial charge in [0.2, 0.25) is 11.8 Å². The van der Waals surface area contributed by atoms with E-state index in [1.807, 2.05) is 31.2 Å². The largest absolute Gasteiger partial charge is 0.444 e. The van der Waals surface area contributed by atoms with Gasteiger partial charge >= 0.3 is 0 Å². The van der Waals surface area contributed by atoms with E-state index in [0.717, 1.165) is 23.1 Å². The number of hydrogen-bond donors (Lipinski definition) is 3. The second-order valence-corrected chi connectivity index (χ2v) is 4.48. The van der Waals surface area contributed by atoms with Gasteiger partial charge in [-0.3, -0.25) is 5.43 Å². The summed E-state index contributed by atoms with van der Waals surface area (Å²) in [4.78, 5) is 12.8. The minimum absolute atomic E-state index is 0.359. The SMILES string of the molecule is CCc1cnc(CNc2nc(NN)nc3ccccc23)o1. The van der Waals surface area contributed by atoms with Crippen LogP contribution in [0.25, 0.3) is 10.9 Å². The second-order valence-electron chi connectivity index (χ2n) is 4.48. The number of rotatable bonds is 5. The summed E-state index contributed by atoms with van der Waals surface area (Å²) < 4.78 is 5.57. The van der Waals surface area contributed by atoms with Gasteiger partial charge in [-0.25, -0.2) is 15.8 Å². The number of nitrogens with two attached hydrogens (primary N) is 1. The number of oxazole rings is 1. The van der Waals surface area contributed by atoms with Crippen LogP contribution in [0.5, 0.6) is 0 Å². The molecule has 2 aromatic heterocycles. The molecule has 0 aliphatic carbocycles. The van der Waals surface area contributed by atoms with Gasteiger partial charge in [0.1, 0.15) is 11.6 Å². The average molecular weight is 284 g/mol. The van der Waals surface area contributed by atoms with Crippen molar-refractivity contribution < 1.29 is 4.42 Å². The van der Waals surface area contributed by atoms with Crippen molar-refractivity contribution in [3.05, 3.63) is 42.1 Å². The van der Waals surface area contributed by atoms with E-state index >= 15 is 0 Å². The molecular weight excluding hydrogens is 268 g/mol. The van der Waals surface area contributed by atoms with Crippen molar-refractivity contribution in [2.45, 2.75) is 19.9 Å². The Labute approximate surface area is 121 Å². The maximum Gasteiger partial charge on any atom is 0.239 e. The van der Waals surface area contributed by atoms with Gasteiger partial charge < -0.3 is 9.73 Å². The third-order valence-electron chi connectivity index (χ3n) is 3.09. The lowest BCUT2D eigenvalue weighted by Gasteiger charge is -2.09. The van der Waals surface area contributed by atoms with Crippen LogP contribution in [-0.2, 0) is 13.0 Å². The molecule has 0 saturated heterocycles. The molecular formula is C14H16N6O. The van der Waals surface area contributed by atoms with Crippen LogP contribution in [0.2, 0.25) is 0 Å². The zero-order valence-corrected chi connectivity index (χ0v) is 11.6. The summed E-state index contributed by atoms with van der Waals surface area (Å²) in [5.41, 5.74) is 3.28. The first-order valence-corrected chi connectivity index (χ1v) is 6.71. The van der Waals surface area contributed by atoms with E-state index in [9.17, 15) is 0 Å². The lowest BCUT2D eigenvalue weighted by molar-refractivity contribution is 0.465. The van der Waals surface area contributed by atoms with Gasteiger partial charge in [-0.05, 0) is 12.1 Å². The summed E-state index contributed by atoms with van der Waals surface area (Å²) in [6.45, 7) is 2.47. The molecule has 0 radical (unpaired) electrons. The van der Waals surface area contributed by atoms with Crippen molar-refractivity contribution in [3.63, 3.8) is 0 Å². The summed E-state index contributed by atoms with van der Waals surface area (Å²) >= 11 is 0. The molecule has 108 valence electrons. The van der Waals surface area contributed by atoms with Crippen LogP contribution in [0.1, 0.15) is 18.6 Å². The van der Waals surface area contributed by atoms with E-state index in [1.165, 1.54) is 0 Å². The smallest absolute Gasteiger partial charge is 0.239 e. The molecule has 0 aliphatic heterocycles. The van der Waals surface area contributed by atoms with Gasteiger partial charge in [-0.15, -0.1) is 0 Å². The first-order chi connectivity index (χ1) is 10.3. The molecule has 0 atom stereocenters. The Hall–Kier alpha value is -2.67. The van der Waals surface area contributed by atoms with E-state index in [2.05, 4.69) is 25.7 Å². The fraction of sp³-hybridized carbons (Fsp3) is 0.214. The molecule has 4 N–H and O–H groups in total. The molecule has 0 aliphatic rings. The Morgan fingerprint density at radius 3 is 2.86 bits per heavy atom. The van der Waals surface area contributed by atoms with E-state index in [0.29, 0.717) is 24.2 Å². The molecule has 3 rings (SSSR count). The van der Waals surface area contributed by atoms with Crippen molar-refractivity contribution in [1.82, 2.24) is 15.0 Å². The second kappa shape index (κ2) is 5.76. The summed E-state index contributed by atoms with van der Waals surface area (Å²) in [5, 5.41) is 4.13. The van der Waals surface area contributed by atoms with Gasteiger partial charge in [-0.1, -0.05) is 19.1 Å². The lowest BCUT2D eigenvalue weighted by atomic mass is 10.2. The molecule has 2 heterocycles. The Morgan fingerprint density at radius 1 is 1.24 bits per heavy atom. The van der Waals surface area contributed by atoms with Crippen molar-refractivity contribution in [2.75, 3.05) is 10.7 Å². The molecule has 21 heavy (non-hydrogen) atoms. The van der Waals surface area contributed by atoms with Crippen LogP contribution in [0.3, 0.4) is 0 Å². The number of nitrogen functional groups attached to an aromatic ring is 1. The molecule has 0 fully saturated rings. The molecule has 7 heteroatoms. The average Bonchev–Trinajstić information content (AvgIpc) is 3.00. The van der Waals surface area contributed by atoms with E-state index in [-0.39, 0.29) is 0 Å². The number of benzene rings is 1. The highest BCUT2D eigenvalue weighted by molar-refractivity contribution is 5.89. The number of nitrogens with zero attached hydrogens (tertiary/aromatic N) is 3. The van der Waals surface area contributed by atoms with Gasteiger partial charge in [0, 0.05) is 11.8 Å². The first kappa shape index (κ1) is 13.3. The molecule has 0 spiro atoms. The minimum atomic E-state index is 0.359. The Bertz CT molecular complexity index is 754. The molecule has 7 nitrogen and oxygen atoms in total. The van der Waals surface area contributed by atoms with Gasteiger partial charge in [0.25, 0.3) is 0 Å². The Morgan fingerprint density at radius 2 is 2.10 bits per heavy atom. The number of para-hydroxylation sites is 1. The maximum absolute atomic E-state index is 5.57. The fourth-order valence-electron chi connectivity index (χ4n) is 2.03. The summed E-state index contributed by atoms with van der Waals surface area (Å²) in [7, 11) is 0. The predicted molar refractivity (Wildman–Crippen MR) is 80.6 cm³/mol. The maximum atomic E-state index is 5.57. The van der Waals surface area contributed by atoms with Gasteiger partial charge in [-0.2, -0.15) is 4.98 Å². The number of fused-ring (bicyclic) bond motifs is 1. The highest BCUT2D eigenvalue weighted by atomic mass is 16.4. The number of nitrogens with one attached hydrogen (secondary N) is 2. The quantitative estimate of drug-likeness (QED) is 0.487. The van der Waals surface area contributed by atoms with Crippen LogP contribution in [0, 0.1) is 0 Å². The van der Waals surface area contributed by atoms with Crippen LogP contribution >= 0.6 is 0 Å². The predicted octanol–water partition coefficient (Wildman–Crippen LogP) is 2.08. The minimum Gasteiger partial charge on any atom is -0.444 e. The summed E-state index contributed by atoms with van der Waals surface area (Å²) in [6, 6.07) is 7.71. The molecule has 0 saturated carbocycles. The third-order valence-corrected chi connectivity index (χ3v) is 3.09. The summed E-state index contributed by atoms with van der Waals surface area (Å²) in [5.74, 6) is 7.94. The highest BCUT2D eigenvalue weighted by Crippen LogP contribution is 2.22. The Kier molecular flexibility index (Phi) is 3.65. The number of hydrogen-bond acceptors (Lipinski definition) is 7. The van der Waals surface area contributed by atoms with Crippen LogP contribution < -0.4 is 16.6 Å². The Balaban J connectivity index is 1.88. The highest BCUT2D eigenvalue weighted by Gasteiger charge is 2.08. The standard InChI is InChI=1S/C14H16N6O/c1-2-9-7-16-12(21-9)8-17-13-10-5-3-4-6-11(10)18-14(19-13)20-15/h3-7H,2,8,15H2,1H3,(H2,17,18,19,20).